The van der Waals surface area contributed by atoms with Crippen LogP contribution in [-0.4, -0.2) is 16.6 Å². The van der Waals surface area contributed by atoms with Crippen LogP contribution in [0.4, 0.5) is 13.2 Å². The molecule has 2 aromatic rings. The summed E-state index contributed by atoms with van der Waals surface area (Å²) in [7, 11) is 1.72. The van der Waals surface area contributed by atoms with E-state index in [0.717, 1.165) is 29.5 Å². The first kappa shape index (κ1) is 15.9. The van der Waals surface area contributed by atoms with Crippen LogP contribution in [0.5, 0.6) is 0 Å². The molecular formula is C14H16F3N3S. The molecular weight excluding hydrogens is 299 g/mol. The molecule has 1 unspecified atom stereocenters. The summed E-state index contributed by atoms with van der Waals surface area (Å²) in [4.78, 5) is 0.874. The van der Waals surface area contributed by atoms with E-state index >= 15 is 0 Å². The number of benzene rings is 1. The van der Waals surface area contributed by atoms with Gasteiger partial charge in [-0.1, -0.05) is 30.0 Å². The highest BCUT2D eigenvalue weighted by molar-refractivity contribution is 7.05. The molecule has 0 aliphatic carbocycles. The Bertz CT molecular complexity index is 595. The second-order valence-corrected chi connectivity index (χ2v) is 5.46. The predicted molar refractivity (Wildman–Crippen MR) is 76.3 cm³/mol. The molecule has 1 heterocycles. The third-order valence-electron chi connectivity index (χ3n) is 3.17. The molecule has 1 aromatic heterocycles. The minimum Gasteiger partial charge on any atom is -0.309 e. The monoisotopic (exact) mass is 315 g/mol. The van der Waals surface area contributed by atoms with E-state index in [9.17, 15) is 13.2 Å². The topological polar surface area (TPSA) is 37.8 Å². The van der Waals surface area contributed by atoms with Gasteiger partial charge < -0.3 is 5.32 Å². The zero-order valence-electron chi connectivity index (χ0n) is 11.7. The van der Waals surface area contributed by atoms with Gasteiger partial charge in [0.25, 0.3) is 0 Å². The normalized spacial score (nSPS) is 13.4. The Morgan fingerprint density at radius 3 is 2.71 bits per heavy atom. The maximum absolute atomic E-state index is 12.8. The van der Waals surface area contributed by atoms with E-state index in [1.165, 1.54) is 23.7 Å². The Kier molecular flexibility index (Phi) is 4.95. The summed E-state index contributed by atoms with van der Waals surface area (Å²) in [5, 5.41) is 7.14. The Labute approximate surface area is 125 Å². The molecule has 0 bridgehead atoms. The first-order chi connectivity index (χ1) is 9.97. The van der Waals surface area contributed by atoms with Crippen molar-refractivity contribution in [2.75, 3.05) is 7.05 Å². The minimum absolute atomic E-state index is 0.325. The highest BCUT2D eigenvalue weighted by Gasteiger charge is 2.31. The summed E-state index contributed by atoms with van der Waals surface area (Å²) < 4.78 is 42.4. The maximum atomic E-state index is 12.8. The van der Waals surface area contributed by atoms with E-state index in [0.29, 0.717) is 5.56 Å². The molecule has 114 valence electrons. The largest absolute Gasteiger partial charge is 0.416 e. The molecule has 0 aliphatic heterocycles. The first-order valence-electron chi connectivity index (χ1n) is 6.63. The molecule has 0 aliphatic rings. The molecule has 0 fully saturated rings. The number of nitrogens with one attached hydrogen (secondary N) is 1. The van der Waals surface area contributed by atoms with Gasteiger partial charge in [-0.3, -0.25) is 0 Å². The Hall–Kier alpha value is -1.47. The lowest BCUT2D eigenvalue weighted by atomic mass is 10.0. The van der Waals surface area contributed by atoms with Crippen molar-refractivity contribution >= 4 is 11.5 Å². The quantitative estimate of drug-likeness (QED) is 0.911. The van der Waals surface area contributed by atoms with Crippen LogP contribution < -0.4 is 5.32 Å². The van der Waals surface area contributed by atoms with Gasteiger partial charge in [0.2, 0.25) is 0 Å². The van der Waals surface area contributed by atoms with Gasteiger partial charge in [0.1, 0.15) is 0 Å². The van der Waals surface area contributed by atoms with Crippen LogP contribution in [0.15, 0.2) is 24.3 Å². The molecule has 0 radical (unpaired) electrons. The summed E-state index contributed by atoms with van der Waals surface area (Å²) in [6.07, 6.45) is -2.66. The van der Waals surface area contributed by atoms with Crippen molar-refractivity contribution in [1.82, 2.24) is 14.9 Å². The van der Waals surface area contributed by atoms with Gasteiger partial charge in [0.05, 0.1) is 22.2 Å². The van der Waals surface area contributed by atoms with E-state index in [1.807, 2.05) is 6.92 Å². The number of alkyl halides is 3. The zero-order valence-corrected chi connectivity index (χ0v) is 12.6. The second kappa shape index (κ2) is 6.53. The van der Waals surface area contributed by atoms with E-state index in [2.05, 4.69) is 14.9 Å². The summed E-state index contributed by atoms with van der Waals surface area (Å²) >= 11 is 1.23. The van der Waals surface area contributed by atoms with Crippen LogP contribution in [0.3, 0.4) is 0 Å². The smallest absolute Gasteiger partial charge is 0.309 e. The number of hydrogen-bond donors (Lipinski definition) is 1. The maximum Gasteiger partial charge on any atom is 0.416 e. The van der Waals surface area contributed by atoms with Crippen molar-refractivity contribution in [3.8, 4) is 0 Å². The molecule has 1 N–H and O–H groups in total. The number of nitrogens with zero attached hydrogens (tertiary/aromatic N) is 2. The van der Waals surface area contributed by atoms with Gasteiger partial charge in [-0.2, -0.15) is 13.2 Å². The highest BCUT2D eigenvalue weighted by Crippen LogP contribution is 2.33. The van der Waals surface area contributed by atoms with Gasteiger partial charge in [-0.05, 0) is 42.7 Å². The van der Waals surface area contributed by atoms with Crippen molar-refractivity contribution in [3.63, 3.8) is 0 Å². The molecule has 7 heteroatoms. The fourth-order valence-corrected chi connectivity index (χ4v) is 3.02. The van der Waals surface area contributed by atoms with Crippen LogP contribution >= 0.6 is 11.5 Å². The molecule has 1 atom stereocenters. The number of halogens is 3. The van der Waals surface area contributed by atoms with Crippen molar-refractivity contribution < 1.29 is 13.2 Å². The van der Waals surface area contributed by atoms with Gasteiger partial charge in [-0.15, -0.1) is 5.10 Å². The molecule has 2 rings (SSSR count). The van der Waals surface area contributed by atoms with Crippen LogP contribution in [0.1, 0.15) is 41.1 Å². The molecule has 1 aromatic carbocycles. The molecule has 0 amide bonds. The summed E-state index contributed by atoms with van der Waals surface area (Å²) in [5.74, 6) is 0. The first-order valence-corrected chi connectivity index (χ1v) is 7.40. The average molecular weight is 315 g/mol. The fourth-order valence-electron chi connectivity index (χ4n) is 2.19. The Morgan fingerprint density at radius 2 is 2.10 bits per heavy atom. The van der Waals surface area contributed by atoms with Crippen molar-refractivity contribution in [1.29, 1.82) is 0 Å². The van der Waals surface area contributed by atoms with Crippen molar-refractivity contribution in [2.45, 2.75) is 32.0 Å². The van der Waals surface area contributed by atoms with Crippen LogP contribution in [-0.2, 0) is 12.6 Å². The third kappa shape index (κ3) is 3.59. The van der Waals surface area contributed by atoms with E-state index in [4.69, 9.17) is 0 Å². The zero-order chi connectivity index (χ0) is 15.5. The van der Waals surface area contributed by atoms with Gasteiger partial charge >= 0.3 is 6.18 Å². The third-order valence-corrected chi connectivity index (χ3v) is 4.00. The lowest BCUT2D eigenvalue weighted by Gasteiger charge is -2.17. The Morgan fingerprint density at radius 1 is 1.33 bits per heavy atom. The van der Waals surface area contributed by atoms with Crippen LogP contribution in [0, 0.1) is 0 Å². The highest BCUT2D eigenvalue weighted by atomic mass is 32.1. The van der Waals surface area contributed by atoms with E-state index in [1.54, 1.807) is 13.1 Å². The Balaban J connectivity index is 2.40. The average Bonchev–Trinajstić information content (AvgIpc) is 2.88. The molecule has 3 nitrogen and oxygen atoms in total. The lowest BCUT2D eigenvalue weighted by molar-refractivity contribution is -0.137. The van der Waals surface area contributed by atoms with E-state index in [-0.39, 0.29) is 6.04 Å². The second-order valence-electron chi connectivity index (χ2n) is 4.68. The molecule has 0 saturated heterocycles. The lowest BCUT2D eigenvalue weighted by Crippen LogP contribution is -2.19. The number of aryl methyl sites for hydroxylation is 1. The summed E-state index contributed by atoms with van der Waals surface area (Å²) in [5.41, 5.74) is 0.768. The molecule has 0 saturated carbocycles. The molecule has 21 heavy (non-hydrogen) atoms. The molecule has 0 spiro atoms. The van der Waals surface area contributed by atoms with E-state index < -0.39 is 11.7 Å². The SMILES string of the molecule is CCCc1nnsc1C(NC)c1cccc(C(F)(F)F)c1. The van der Waals surface area contributed by atoms with Crippen LogP contribution in [0.25, 0.3) is 0 Å². The fraction of sp³-hybridized carbons (Fsp3) is 0.429. The number of rotatable bonds is 5. The van der Waals surface area contributed by atoms with Gasteiger partial charge in [0, 0.05) is 0 Å². The minimum atomic E-state index is -4.34. The predicted octanol–water partition coefficient (Wildman–Crippen LogP) is 3.82. The van der Waals surface area contributed by atoms with Crippen LogP contribution in [0.2, 0.25) is 0 Å². The van der Waals surface area contributed by atoms with Crippen molar-refractivity contribution in [3.05, 3.63) is 46.0 Å². The van der Waals surface area contributed by atoms with Gasteiger partial charge in [0.15, 0.2) is 0 Å². The number of aromatic nitrogens is 2. The standard InChI is InChI=1S/C14H16F3N3S/c1-3-5-11-13(21-20-19-11)12(18-2)9-6-4-7-10(8-9)14(15,16)17/h4,6-8,12,18H,3,5H2,1-2H3. The summed E-state index contributed by atoms with van der Waals surface area (Å²) in [6, 6.07) is 5.04. The summed E-state index contributed by atoms with van der Waals surface area (Å²) in [6.45, 7) is 2.03. The van der Waals surface area contributed by atoms with Crippen molar-refractivity contribution in [2.24, 2.45) is 0 Å². The number of hydrogen-bond acceptors (Lipinski definition) is 4. The van der Waals surface area contributed by atoms with Gasteiger partial charge in [-0.25, -0.2) is 0 Å².